The number of rotatable bonds is 13. The van der Waals surface area contributed by atoms with Crippen LogP contribution in [0.2, 0.25) is 0 Å². The Balaban J connectivity index is 1.73. The van der Waals surface area contributed by atoms with Crippen molar-refractivity contribution in [1.29, 1.82) is 0 Å². The highest BCUT2D eigenvalue weighted by Gasteiger charge is 2.27. The number of ether oxygens (including phenoxy) is 2. The fourth-order valence-corrected chi connectivity index (χ4v) is 5.66. The average Bonchev–Trinajstić information content (AvgIpc) is 3.43. The number of nitrogens with one attached hydrogen (secondary N) is 1. The summed E-state index contributed by atoms with van der Waals surface area (Å²) in [7, 11) is 0. The van der Waals surface area contributed by atoms with Crippen molar-refractivity contribution in [3.8, 4) is 5.75 Å². The van der Waals surface area contributed by atoms with Crippen LogP contribution >= 0.6 is 23.1 Å². The van der Waals surface area contributed by atoms with Crippen molar-refractivity contribution >= 4 is 45.9 Å². The Kier molecular flexibility index (Phi) is 10.5. The van der Waals surface area contributed by atoms with Crippen LogP contribution in [0.25, 0.3) is 0 Å². The molecular weight excluding hydrogens is 550 g/mol. The molecule has 1 aromatic carbocycles. The van der Waals surface area contributed by atoms with Crippen molar-refractivity contribution in [3.63, 3.8) is 0 Å². The number of thioether (sulfide) groups is 1. The zero-order chi connectivity index (χ0) is 29.6. The molecule has 2 amide bonds. The zero-order valence-electron chi connectivity index (χ0n) is 23.5. The molecule has 0 aliphatic heterocycles. The number of aromatic nitrogens is 3. The Bertz CT molecular complexity index is 1380. The van der Waals surface area contributed by atoms with Crippen LogP contribution in [0.15, 0.2) is 42.1 Å². The van der Waals surface area contributed by atoms with Crippen LogP contribution in [-0.2, 0) is 16.1 Å². The van der Waals surface area contributed by atoms with Crippen molar-refractivity contribution in [2.75, 3.05) is 11.1 Å². The lowest BCUT2D eigenvalue weighted by molar-refractivity contribution is -0.113. The smallest absolute Gasteiger partial charge is 0.341 e. The molecular formula is C28H35N5O5S2. The van der Waals surface area contributed by atoms with E-state index < -0.39 is 23.9 Å². The molecule has 0 aliphatic carbocycles. The minimum Gasteiger partial charge on any atom is -0.483 e. The Hall–Kier alpha value is -3.64. The second-order valence-electron chi connectivity index (χ2n) is 9.64. The van der Waals surface area contributed by atoms with Gasteiger partial charge in [-0.05, 0) is 56.9 Å². The van der Waals surface area contributed by atoms with Crippen LogP contribution < -0.4 is 15.8 Å². The third kappa shape index (κ3) is 7.51. The van der Waals surface area contributed by atoms with Gasteiger partial charge in [-0.15, -0.1) is 28.1 Å². The number of thiophene rings is 1. The lowest BCUT2D eigenvalue weighted by Crippen LogP contribution is -2.18. The second-order valence-corrected chi connectivity index (χ2v) is 11.6. The number of hydrogen-bond donors (Lipinski definition) is 2. The number of nitrogens with zero attached hydrogens (tertiary/aromatic N) is 3. The molecule has 3 aromatic rings. The molecule has 12 heteroatoms. The third-order valence-electron chi connectivity index (χ3n) is 5.78. The van der Waals surface area contributed by atoms with E-state index in [4.69, 9.17) is 15.2 Å². The van der Waals surface area contributed by atoms with Crippen LogP contribution in [0.5, 0.6) is 5.75 Å². The van der Waals surface area contributed by atoms with Gasteiger partial charge in [0.2, 0.25) is 5.91 Å². The molecule has 40 heavy (non-hydrogen) atoms. The maximum Gasteiger partial charge on any atom is 0.341 e. The van der Waals surface area contributed by atoms with Crippen LogP contribution in [0.1, 0.15) is 83.6 Å². The summed E-state index contributed by atoms with van der Waals surface area (Å²) < 4.78 is 13.3. The summed E-state index contributed by atoms with van der Waals surface area (Å²) in [6.07, 6.45) is 0.934. The zero-order valence-corrected chi connectivity index (χ0v) is 25.1. The second kappa shape index (κ2) is 13.6. The number of primary amides is 1. The van der Waals surface area contributed by atoms with Gasteiger partial charge in [0.15, 0.2) is 17.1 Å². The molecule has 0 radical (unpaired) electrons. The van der Waals surface area contributed by atoms with E-state index in [-0.39, 0.29) is 27.3 Å². The molecule has 0 fully saturated rings. The van der Waals surface area contributed by atoms with E-state index in [0.29, 0.717) is 34.8 Å². The van der Waals surface area contributed by atoms with Gasteiger partial charge in [0.05, 0.1) is 22.3 Å². The molecule has 0 bridgehead atoms. The first-order valence-electron chi connectivity index (χ1n) is 12.8. The summed E-state index contributed by atoms with van der Waals surface area (Å²) in [5.41, 5.74) is 7.18. The van der Waals surface area contributed by atoms with Crippen LogP contribution in [0, 0.1) is 6.92 Å². The van der Waals surface area contributed by atoms with E-state index >= 15 is 0 Å². The minimum absolute atomic E-state index is 0.0251. The van der Waals surface area contributed by atoms with E-state index in [9.17, 15) is 14.4 Å². The van der Waals surface area contributed by atoms with Crippen molar-refractivity contribution in [2.45, 2.75) is 71.4 Å². The maximum absolute atomic E-state index is 12.9. The van der Waals surface area contributed by atoms with Gasteiger partial charge in [-0.1, -0.05) is 43.8 Å². The number of hydrogen-bond acceptors (Lipinski definition) is 9. The van der Waals surface area contributed by atoms with E-state index in [0.717, 1.165) is 11.3 Å². The largest absolute Gasteiger partial charge is 0.483 e. The van der Waals surface area contributed by atoms with Crippen LogP contribution in [-0.4, -0.2) is 44.4 Å². The third-order valence-corrected chi connectivity index (χ3v) is 7.97. The molecule has 2 aromatic heterocycles. The molecule has 3 rings (SSSR count). The standard InChI is InChI=1S/C28H35N5O5S2/c1-8-13-33-25(18(7)38-20-11-9-19(10-12-20)15(2)3)31-32-28(33)39-14-21(34)30-26-22(27(36)37-16(4)5)17(6)23(40-26)24(29)35/h8-12,15-16,18H,1,13-14H2,2-7H3,(H2,29,35)(H,30,34). The van der Waals surface area contributed by atoms with E-state index in [1.54, 1.807) is 26.8 Å². The van der Waals surface area contributed by atoms with Crippen molar-refractivity contribution < 1.29 is 23.9 Å². The number of nitrogens with two attached hydrogens (primary N) is 1. The quantitative estimate of drug-likeness (QED) is 0.152. The van der Waals surface area contributed by atoms with Crippen LogP contribution in [0.3, 0.4) is 0 Å². The summed E-state index contributed by atoms with van der Waals surface area (Å²) in [4.78, 5) is 37.6. The Morgan fingerprint density at radius 2 is 1.82 bits per heavy atom. The van der Waals surface area contributed by atoms with Gasteiger partial charge >= 0.3 is 5.97 Å². The van der Waals surface area contributed by atoms with Gasteiger partial charge in [0.1, 0.15) is 10.8 Å². The molecule has 1 atom stereocenters. The molecule has 2 heterocycles. The normalized spacial score (nSPS) is 11.9. The SMILES string of the molecule is C=CCn1c(SCC(=O)Nc2sc(C(N)=O)c(C)c2C(=O)OC(C)C)nnc1C(C)Oc1ccc(C(C)C)cc1. The predicted molar refractivity (Wildman–Crippen MR) is 157 cm³/mol. The number of allylic oxidation sites excluding steroid dienone is 1. The summed E-state index contributed by atoms with van der Waals surface area (Å²) in [5, 5.41) is 12.0. The van der Waals surface area contributed by atoms with E-state index in [2.05, 4.69) is 35.9 Å². The highest BCUT2D eigenvalue weighted by molar-refractivity contribution is 7.99. The molecule has 0 spiro atoms. The molecule has 1 unspecified atom stereocenters. The maximum atomic E-state index is 12.9. The van der Waals surface area contributed by atoms with Crippen molar-refractivity contribution in [1.82, 2.24) is 14.8 Å². The molecule has 214 valence electrons. The molecule has 0 saturated carbocycles. The van der Waals surface area contributed by atoms with Gasteiger partial charge in [-0.3, -0.25) is 14.2 Å². The molecule has 3 N–H and O–H groups in total. The first-order chi connectivity index (χ1) is 18.9. The first kappa shape index (κ1) is 30.9. The Morgan fingerprint density at radius 3 is 2.40 bits per heavy atom. The summed E-state index contributed by atoms with van der Waals surface area (Å²) in [5.74, 6) is -0.0153. The van der Waals surface area contributed by atoms with Gasteiger partial charge in [0.25, 0.3) is 5.91 Å². The minimum atomic E-state index is -0.687. The lowest BCUT2D eigenvalue weighted by atomic mass is 10.0. The fourth-order valence-electron chi connectivity index (χ4n) is 3.84. The molecule has 0 aliphatic rings. The van der Waals surface area contributed by atoms with E-state index in [1.165, 1.54) is 17.3 Å². The van der Waals surface area contributed by atoms with Gasteiger partial charge in [-0.25, -0.2) is 4.79 Å². The highest BCUT2D eigenvalue weighted by Crippen LogP contribution is 2.34. The number of benzene rings is 1. The average molecular weight is 586 g/mol. The summed E-state index contributed by atoms with van der Waals surface area (Å²) in [6, 6.07) is 7.94. The first-order valence-corrected chi connectivity index (χ1v) is 14.6. The predicted octanol–water partition coefficient (Wildman–Crippen LogP) is 5.49. The number of carbonyl (C=O) groups excluding carboxylic acids is 3. The molecule has 10 nitrogen and oxygen atoms in total. The van der Waals surface area contributed by atoms with Gasteiger partial charge in [-0.2, -0.15) is 0 Å². The van der Waals surface area contributed by atoms with Crippen LogP contribution in [0.4, 0.5) is 5.00 Å². The summed E-state index contributed by atoms with van der Waals surface area (Å²) in [6.45, 7) is 15.4. The van der Waals surface area contributed by atoms with E-state index in [1.807, 2.05) is 35.8 Å². The number of amides is 2. The van der Waals surface area contributed by atoms with Gasteiger partial charge in [0, 0.05) is 6.54 Å². The number of anilines is 1. The topological polar surface area (TPSA) is 138 Å². The Labute approximate surface area is 242 Å². The van der Waals surface area contributed by atoms with Gasteiger partial charge < -0.3 is 20.5 Å². The number of carbonyl (C=O) groups is 3. The lowest BCUT2D eigenvalue weighted by Gasteiger charge is -2.16. The number of esters is 1. The monoisotopic (exact) mass is 585 g/mol. The Morgan fingerprint density at radius 1 is 1.15 bits per heavy atom. The van der Waals surface area contributed by atoms with Crippen molar-refractivity contribution in [3.05, 3.63) is 64.3 Å². The summed E-state index contributed by atoms with van der Waals surface area (Å²) >= 11 is 2.12. The van der Waals surface area contributed by atoms with Crippen molar-refractivity contribution in [2.24, 2.45) is 5.73 Å². The highest BCUT2D eigenvalue weighted by atomic mass is 32.2. The fraction of sp³-hybridized carbons (Fsp3) is 0.393. The molecule has 0 saturated heterocycles.